The molecule has 0 fully saturated rings. The standard InChI is InChI=1S/C17H20N2O2S/c1-2-3-15-19-12-8-18-11-5-4-9-6-13(20)14(21)7-10(9)16(11)17(12)22-15/h6-7,11,16,18,20-21H,2-5,8H2,1H3/t11-,16-/m0/s1. The second kappa shape index (κ2) is 5.25. The zero-order valence-corrected chi connectivity index (χ0v) is 13.4. The molecule has 22 heavy (non-hydrogen) atoms. The van der Waals surface area contributed by atoms with E-state index in [4.69, 9.17) is 4.98 Å². The van der Waals surface area contributed by atoms with Crippen LogP contribution in [0.4, 0.5) is 0 Å². The Labute approximate surface area is 133 Å². The van der Waals surface area contributed by atoms with Crippen LogP contribution in [0.15, 0.2) is 12.1 Å². The Bertz CT molecular complexity index is 726. The summed E-state index contributed by atoms with van der Waals surface area (Å²) >= 11 is 1.82. The first-order valence-electron chi connectivity index (χ1n) is 7.94. The first-order valence-corrected chi connectivity index (χ1v) is 8.75. The SMILES string of the molecule is CCCc1nc2c(s1)[C@H]1c3cc(O)c(O)cc3CC[C@@H]1NC2. The Morgan fingerprint density at radius 2 is 2.14 bits per heavy atom. The molecule has 0 unspecified atom stereocenters. The summed E-state index contributed by atoms with van der Waals surface area (Å²) < 4.78 is 0. The van der Waals surface area contributed by atoms with Gasteiger partial charge in [-0.3, -0.25) is 0 Å². The number of thiazole rings is 1. The van der Waals surface area contributed by atoms with Crippen molar-refractivity contribution >= 4 is 11.3 Å². The number of hydrogen-bond donors (Lipinski definition) is 3. The quantitative estimate of drug-likeness (QED) is 0.745. The highest BCUT2D eigenvalue weighted by Crippen LogP contribution is 2.45. The van der Waals surface area contributed by atoms with Crippen LogP contribution in [0.5, 0.6) is 11.5 Å². The molecule has 0 bridgehead atoms. The minimum absolute atomic E-state index is 0.0165. The van der Waals surface area contributed by atoms with Crippen LogP contribution in [0, 0.1) is 0 Å². The Balaban J connectivity index is 1.83. The minimum Gasteiger partial charge on any atom is -0.504 e. The van der Waals surface area contributed by atoms with E-state index in [1.54, 1.807) is 12.1 Å². The lowest BCUT2D eigenvalue weighted by molar-refractivity contribution is 0.381. The first kappa shape index (κ1) is 14.0. The largest absolute Gasteiger partial charge is 0.504 e. The van der Waals surface area contributed by atoms with Gasteiger partial charge in [-0.2, -0.15) is 0 Å². The second-order valence-electron chi connectivity index (χ2n) is 6.21. The number of aromatic nitrogens is 1. The molecule has 0 spiro atoms. The van der Waals surface area contributed by atoms with Crippen molar-refractivity contribution in [1.82, 2.24) is 10.3 Å². The van der Waals surface area contributed by atoms with Gasteiger partial charge in [0.15, 0.2) is 11.5 Å². The van der Waals surface area contributed by atoms with Crippen LogP contribution in [0.2, 0.25) is 0 Å². The molecule has 1 aromatic carbocycles. The molecule has 2 heterocycles. The number of fused-ring (bicyclic) bond motifs is 5. The maximum absolute atomic E-state index is 9.92. The molecule has 2 atom stereocenters. The zero-order valence-electron chi connectivity index (χ0n) is 12.6. The Morgan fingerprint density at radius 1 is 1.32 bits per heavy atom. The summed E-state index contributed by atoms with van der Waals surface area (Å²) in [6.07, 6.45) is 4.14. The van der Waals surface area contributed by atoms with E-state index in [-0.39, 0.29) is 17.4 Å². The molecule has 0 saturated carbocycles. The summed E-state index contributed by atoms with van der Waals surface area (Å²) in [6.45, 7) is 3.02. The number of hydrogen-bond acceptors (Lipinski definition) is 5. The Morgan fingerprint density at radius 3 is 2.95 bits per heavy atom. The van der Waals surface area contributed by atoms with Crippen molar-refractivity contribution in [3.05, 3.63) is 38.8 Å². The van der Waals surface area contributed by atoms with Gasteiger partial charge in [0, 0.05) is 23.4 Å². The van der Waals surface area contributed by atoms with E-state index in [0.29, 0.717) is 6.04 Å². The van der Waals surface area contributed by atoms with Gasteiger partial charge in [0.2, 0.25) is 0 Å². The average Bonchev–Trinajstić information content (AvgIpc) is 2.91. The van der Waals surface area contributed by atoms with E-state index in [9.17, 15) is 10.2 Å². The normalized spacial score (nSPS) is 22.8. The van der Waals surface area contributed by atoms with E-state index in [1.165, 1.54) is 9.88 Å². The molecule has 116 valence electrons. The molecule has 5 heteroatoms. The van der Waals surface area contributed by atoms with Crippen molar-refractivity contribution in [2.75, 3.05) is 0 Å². The van der Waals surface area contributed by atoms with Crippen LogP contribution in [0.1, 0.15) is 52.4 Å². The Hall–Kier alpha value is -1.59. The third-order valence-electron chi connectivity index (χ3n) is 4.75. The van der Waals surface area contributed by atoms with E-state index < -0.39 is 0 Å². The van der Waals surface area contributed by atoms with Gasteiger partial charge in [0.1, 0.15) is 0 Å². The molecular weight excluding hydrogens is 296 g/mol. The lowest BCUT2D eigenvalue weighted by Gasteiger charge is -2.37. The number of nitrogens with one attached hydrogen (secondary N) is 1. The smallest absolute Gasteiger partial charge is 0.157 e. The second-order valence-corrected chi connectivity index (χ2v) is 7.33. The number of rotatable bonds is 2. The average molecular weight is 316 g/mol. The fraction of sp³-hybridized carbons (Fsp3) is 0.471. The molecule has 1 aliphatic carbocycles. The van der Waals surface area contributed by atoms with Crippen molar-refractivity contribution in [1.29, 1.82) is 0 Å². The lowest BCUT2D eigenvalue weighted by Crippen LogP contribution is -2.42. The van der Waals surface area contributed by atoms with Crippen LogP contribution in [-0.2, 0) is 19.4 Å². The van der Waals surface area contributed by atoms with Gasteiger partial charge in [0.25, 0.3) is 0 Å². The van der Waals surface area contributed by atoms with E-state index in [1.807, 2.05) is 11.3 Å². The summed E-state index contributed by atoms with van der Waals surface area (Å²) in [6, 6.07) is 3.87. The minimum atomic E-state index is -0.0233. The number of aryl methyl sites for hydroxylation is 2. The molecule has 1 aromatic heterocycles. The van der Waals surface area contributed by atoms with E-state index in [0.717, 1.165) is 49.0 Å². The predicted octanol–water partition coefficient (Wildman–Crippen LogP) is 3.06. The molecule has 0 saturated heterocycles. The van der Waals surface area contributed by atoms with Gasteiger partial charge < -0.3 is 15.5 Å². The van der Waals surface area contributed by atoms with Gasteiger partial charge in [-0.15, -0.1) is 11.3 Å². The molecule has 2 aliphatic rings. The molecule has 1 aliphatic heterocycles. The van der Waals surface area contributed by atoms with Gasteiger partial charge >= 0.3 is 0 Å². The van der Waals surface area contributed by atoms with Gasteiger partial charge in [-0.25, -0.2) is 4.98 Å². The van der Waals surface area contributed by atoms with Crippen LogP contribution >= 0.6 is 11.3 Å². The number of nitrogens with zero attached hydrogens (tertiary/aromatic N) is 1. The van der Waals surface area contributed by atoms with Crippen molar-refractivity contribution in [2.45, 2.75) is 51.1 Å². The van der Waals surface area contributed by atoms with E-state index in [2.05, 4.69) is 12.2 Å². The number of phenols is 2. The highest BCUT2D eigenvalue weighted by molar-refractivity contribution is 7.11. The molecule has 0 radical (unpaired) electrons. The van der Waals surface area contributed by atoms with Crippen LogP contribution < -0.4 is 5.32 Å². The topological polar surface area (TPSA) is 65.4 Å². The molecule has 0 amide bonds. The van der Waals surface area contributed by atoms with Crippen molar-refractivity contribution in [3.8, 4) is 11.5 Å². The summed E-state index contributed by atoms with van der Waals surface area (Å²) in [5.74, 6) is 0.212. The number of benzene rings is 1. The van der Waals surface area contributed by atoms with Crippen molar-refractivity contribution in [2.24, 2.45) is 0 Å². The third-order valence-corrected chi connectivity index (χ3v) is 5.99. The summed E-state index contributed by atoms with van der Waals surface area (Å²) in [7, 11) is 0. The van der Waals surface area contributed by atoms with Crippen molar-refractivity contribution in [3.63, 3.8) is 0 Å². The van der Waals surface area contributed by atoms with Gasteiger partial charge in [-0.1, -0.05) is 6.92 Å². The van der Waals surface area contributed by atoms with Crippen LogP contribution in [0.25, 0.3) is 0 Å². The summed E-state index contributed by atoms with van der Waals surface area (Å²) in [4.78, 5) is 6.13. The van der Waals surface area contributed by atoms with Crippen LogP contribution in [0.3, 0.4) is 0 Å². The maximum atomic E-state index is 9.92. The molecular formula is C17H20N2O2S. The number of phenolic OH excluding ortho intramolecular Hbond substituents is 2. The van der Waals surface area contributed by atoms with Gasteiger partial charge in [-0.05, 0) is 48.9 Å². The Kier molecular flexibility index (Phi) is 3.35. The molecule has 2 aromatic rings. The first-order chi connectivity index (χ1) is 10.7. The third kappa shape index (κ3) is 2.11. The van der Waals surface area contributed by atoms with Crippen molar-refractivity contribution < 1.29 is 10.2 Å². The fourth-order valence-electron chi connectivity index (χ4n) is 3.71. The molecule has 4 nitrogen and oxygen atoms in total. The molecule has 4 rings (SSSR count). The zero-order chi connectivity index (χ0) is 15.3. The highest BCUT2D eigenvalue weighted by atomic mass is 32.1. The number of aromatic hydroxyl groups is 2. The molecule has 3 N–H and O–H groups in total. The summed E-state index contributed by atoms with van der Waals surface area (Å²) in [5.41, 5.74) is 3.46. The van der Waals surface area contributed by atoms with Gasteiger partial charge in [0.05, 0.1) is 10.7 Å². The van der Waals surface area contributed by atoms with E-state index >= 15 is 0 Å². The highest BCUT2D eigenvalue weighted by Gasteiger charge is 2.37. The maximum Gasteiger partial charge on any atom is 0.157 e. The predicted molar refractivity (Wildman–Crippen MR) is 86.7 cm³/mol. The monoisotopic (exact) mass is 316 g/mol. The fourth-order valence-corrected chi connectivity index (χ4v) is 5.08. The van der Waals surface area contributed by atoms with Crippen LogP contribution in [-0.4, -0.2) is 21.2 Å². The lowest BCUT2D eigenvalue weighted by atomic mass is 9.76. The summed E-state index contributed by atoms with van der Waals surface area (Å²) in [5, 5.41) is 24.5.